The number of rotatable bonds is 15. The number of nitrogens with one attached hydrogen (secondary N) is 2. The molecule has 0 saturated heterocycles. The zero-order valence-electron chi connectivity index (χ0n) is 14.8. The standard InChI is InChI=1S/C16H26N4O6/c21-13-17-7-1-3-9-19-15(23)25-11-5-6-12-26-16(24)20-10-4-2-8-18-14-22/h1-12H2,(H,19,23)(H,20,24). The van der Waals surface area contributed by atoms with Crippen molar-refractivity contribution in [2.24, 2.45) is 9.98 Å². The van der Waals surface area contributed by atoms with E-state index in [4.69, 9.17) is 9.47 Å². The SMILES string of the molecule is O=C=NCCCCNC(=O)OCCCCOC(=O)NCCCCN=C=O. The van der Waals surface area contributed by atoms with Crippen molar-refractivity contribution in [3.8, 4) is 0 Å². The Bertz CT molecular complexity index is 443. The maximum Gasteiger partial charge on any atom is 0.407 e. The number of hydrogen-bond donors (Lipinski definition) is 2. The number of carbonyl (C=O) groups excluding carboxylic acids is 4. The van der Waals surface area contributed by atoms with Crippen LogP contribution in [-0.4, -0.2) is 63.7 Å². The maximum absolute atomic E-state index is 11.3. The average molecular weight is 370 g/mol. The fraction of sp³-hybridized carbons (Fsp3) is 0.750. The molecule has 0 fully saturated rings. The topological polar surface area (TPSA) is 136 Å². The zero-order valence-corrected chi connectivity index (χ0v) is 14.8. The molecule has 0 unspecified atom stereocenters. The van der Waals surface area contributed by atoms with E-state index in [1.165, 1.54) is 12.2 Å². The third-order valence-electron chi connectivity index (χ3n) is 3.07. The molecule has 0 aromatic carbocycles. The molecule has 2 amide bonds. The van der Waals surface area contributed by atoms with Gasteiger partial charge < -0.3 is 20.1 Å². The van der Waals surface area contributed by atoms with E-state index >= 15 is 0 Å². The van der Waals surface area contributed by atoms with Crippen LogP contribution < -0.4 is 10.6 Å². The second-order valence-corrected chi connectivity index (χ2v) is 5.19. The van der Waals surface area contributed by atoms with Gasteiger partial charge in [0.2, 0.25) is 12.2 Å². The monoisotopic (exact) mass is 370 g/mol. The van der Waals surface area contributed by atoms with Gasteiger partial charge in [-0.2, -0.15) is 0 Å². The third-order valence-corrected chi connectivity index (χ3v) is 3.07. The first kappa shape index (κ1) is 23.3. The summed E-state index contributed by atoms with van der Waals surface area (Å²) in [6.45, 7) is 2.20. The van der Waals surface area contributed by atoms with Crippen LogP contribution in [0.3, 0.4) is 0 Å². The largest absolute Gasteiger partial charge is 0.450 e. The van der Waals surface area contributed by atoms with Crippen LogP contribution in [0.25, 0.3) is 0 Å². The predicted octanol–water partition coefficient (Wildman–Crippen LogP) is 1.45. The molecule has 0 aliphatic rings. The molecule has 0 radical (unpaired) electrons. The molecule has 10 heteroatoms. The Balaban J connectivity index is 3.35. The van der Waals surface area contributed by atoms with Crippen LogP contribution in [0.5, 0.6) is 0 Å². The van der Waals surface area contributed by atoms with Gasteiger partial charge in [-0.25, -0.2) is 29.2 Å². The molecule has 0 bridgehead atoms. The number of hydrogen-bond acceptors (Lipinski definition) is 8. The van der Waals surface area contributed by atoms with Crippen molar-refractivity contribution in [2.75, 3.05) is 39.4 Å². The van der Waals surface area contributed by atoms with Gasteiger partial charge in [0.15, 0.2) is 0 Å². The lowest BCUT2D eigenvalue weighted by Gasteiger charge is -2.08. The molecule has 0 aromatic heterocycles. The minimum absolute atomic E-state index is 0.240. The van der Waals surface area contributed by atoms with E-state index in [0.717, 1.165) is 0 Å². The lowest BCUT2D eigenvalue weighted by atomic mass is 10.3. The van der Waals surface area contributed by atoms with Gasteiger partial charge in [0.25, 0.3) is 0 Å². The predicted molar refractivity (Wildman–Crippen MR) is 92.4 cm³/mol. The van der Waals surface area contributed by atoms with E-state index < -0.39 is 12.2 Å². The van der Waals surface area contributed by atoms with Crippen LogP contribution in [-0.2, 0) is 19.1 Å². The molecule has 10 nitrogen and oxygen atoms in total. The van der Waals surface area contributed by atoms with E-state index in [0.29, 0.717) is 64.7 Å². The summed E-state index contributed by atoms with van der Waals surface area (Å²) in [7, 11) is 0. The fourth-order valence-electron chi connectivity index (χ4n) is 1.74. The molecule has 146 valence electrons. The Kier molecular flexibility index (Phi) is 16.7. The van der Waals surface area contributed by atoms with E-state index in [1.807, 2.05) is 0 Å². The molecule has 26 heavy (non-hydrogen) atoms. The molecular formula is C16H26N4O6. The van der Waals surface area contributed by atoms with Gasteiger partial charge in [-0.1, -0.05) is 0 Å². The van der Waals surface area contributed by atoms with E-state index in [9.17, 15) is 19.2 Å². The lowest BCUT2D eigenvalue weighted by molar-refractivity contribution is 0.128. The number of nitrogens with zero attached hydrogens (tertiary/aromatic N) is 2. The number of aliphatic imine (C=N–C) groups is 2. The number of carbonyl (C=O) groups is 2. The highest BCUT2D eigenvalue weighted by Crippen LogP contribution is 1.94. The normalized spacial score (nSPS) is 9.38. The van der Waals surface area contributed by atoms with Gasteiger partial charge in [-0.3, -0.25) is 0 Å². The molecule has 0 spiro atoms. The van der Waals surface area contributed by atoms with Crippen LogP contribution in [0, 0.1) is 0 Å². The van der Waals surface area contributed by atoms with Gasteiger partial charge in [0.1, 0.15) is 0 Å². The van der Waals surface area contributed by atoms with E-state index in [1.54, 1.807) is 0 Å². The second-order valence-electron chi connectivity index (χ2n) is 5.19. The Hall–Kier alpha value is -2.70. The van der Waals surface area contributed by atoms with Gasteiger partial charge in [-0.15, -0.1) is 0 Å². The van der Waals surface area contributed by atoms with Crippen molar-refractivity contribution in [1.29, 1.82) is 0 Å². The highest BCUT2D eigenvalue weighted by Gasteiger charge is 2.02. The fourth-order valence-corrected chi connectivity index (χ4v) is 1.74. The van der Waals surface area contributed by atoms with Crippen LogP contribution in [0.2, 0.25) is 0 Å². The summed E-state index contributed by atoms with van der Waals surface area (Å²) in [6, 6.07) is 0. The molecule has 0 atom stereocenters. The second kappa shape index (κ2) is 18.6. The Morgan fingerprint density at radius 3 is 1.50 bits per heavy atom. The quantitative estimate of drug-likeness (QED) is 0.254. The van der Waals surface area contributed by atoms with Gasteiger partial charge in [0, 0.05) is 13.1 Å². The average Bonchev–Trinajstić information content (AvgIpc) is 2.63. The molecular weight excluding hydrogens is 344 g/mol. The lowest BCUT2D eigenvalue weighted by Crippen LogP contribution is -2.26. The molecule has 0 rings (SSSR count). The summed E-state index contributed by atoms with van der Waals surface area (Å²) in [5.41, 5.74) is 0. The number of unbranched alkanes of at least 4 members (excludes halogenated alkanes) is 3. The zero-order chi connectivity index (χ0) is 19.3. The minimum Gasteiger partial charge on any atom is -0.450 e. The Morgan fingerprint density at radius 1 is 0.692 bits per heavy atom. The van der Waals surface area contributed by atoms with Crippen molar-refractivity contribution >= 4 is 24.3 Å². The van der Waals surface area contributed by atoms with Gasteiger partial charge in [-0.05, 0) is 38.5 Å². The van der Waals surface area contributed by atoms with E-state index in [2.05, 4.69) is 20.6 Å². The molecule has 0 saturated carbocycles. The first-order valence-corrected chi connectivity index (χ1v) is 8.59. The number of ether oxygens (including phenoxy) is 2. The third kappa shape index (κ3) is 17.7. The van der Waals surface area contributed by atoms with Crippen LogP contribution in [0.1, 0.15) is 38.5 Å². The number of amides is 2. The first-order valence-electron chi connectivity index (χ1n) is 8.59. The first-order chi connectivity index (χ1) is 12.7. The number of isocyanates is 2. The summed E-state index contributed by atoms with van der Waals surface area (Å²) in [5.74, 6) is 0. The molecule has 2 N–H and O–H groups in total. The van der Waals surface area contributed by atoms with Gasteiger partial charge >= 0.3 is 12.2 Å². The molecule has 0 aliphatic carbocycles. The van der Waals surface area contributed by atoms with Crippen LogP contribution in [0.15, 0.2) is 9.98 Å². The van der Waals surface area contributed by atoms with Crippen molar-refractivity contribution in [3.63, 3.8) is 0 Å². The minimum atomic E-state index is -0.499. The van der Waals surface area contributed by atoms with Crippen molar-refractivity contribution in [2.45, 2.75) is 38.5 Å². The summed E-state index contributed by atoms with van der Waals surface area (Å²) in [4.78, 5) is 49.2. The summed E-state index contributed by atoms with van der Waals surface area (Å²) in [6.07, 6.45) is 5.86. The summed E-state index contributed by atoms with van der Waals surface area (Å²) >= 11 is 0. The Labute approximate surface area is 152 Å². The van der Waals surface area contributed by atoms with E-state index in [-0.39, 0.29) is 13.2 Å². The smallest absolute Gasteiger partial charge is 0.407 e. The number of alkyl carbamates (subject to hydrolysis) is 2. The van der Waals surface area contributed by atoms with Gasteiger partial charge in [0.05, 0.1) is 26.3 Å². The molecule has 0 heterocycles. The highest BCUT2D eigenvalue weighted by molar-refractivity contribution is 5.67. The molecule has 0 aromatic rings. The molecule has 0 aliphatic heterocycles. The Morgan fingerprint density at radius 2 is 1.12 bits per heavy atom. The van der Waals surface area contributed by atoms with Crippen LogP contribution >= 0.6 is 0 Å². The van der Waals surface area contributed by atoms with Crippen molar-refractivity contribution in [3.05, 3.63) is 0 Å². The van der Waals surface area contributed by atoms with Crippen molar-refractivity contribution < 1.29 is 28.7 Å². The maximum atomic E-state index is 11.3. The summed E-state index contributed by atoms with van der Waals surface area (Å²) < 4.78 is 9.92. The summed E-state index contributed by atoms with van der Waals surface area (Å²) in [5, 5.41) is 5.17. The highest BCUT2D eigenvalue weighted by atomic mass is 16.6. The van der Waals surface area contributed by atoms with Crippen LogP contribution in [0.4, 0.5) is 9.59 Å². The van der Waals surface area contributed by atoms with Crippen molar-refractivity contribution in [1.82, 2.24) is 10.6 Å².